The summed E-state index contributed by atoms with van der Waals surface area (Å²) < 4.78 is 4.99. The molecule has 0 bridgehead atoms. The second-order valence-corrected chi connectivity index (χ2v) is 7.65. The lowest BCUT2D eigenvalue weighted by Crippen LogP contribution is -2.48. The molecular weight excluding hydrogens is 344 g/mol. The number of aryl methyl sites for hydroxylation is 1. The van der Waals surface area contributed by atoms with Crippen LogP contribution in [0, 0.1) is 12.3 Å². The predicted octanol–water partition coefficient (Wildman–Crippen LogP) is 3.18. The normalized spacial score (nSPS) is 12.7. The summed E-state index contributed by atoms with van der Waals surface area (Å²) in [4.78, 5) is 28.5. The van der Waals surface area contributed by atoms with Gasteiger partial charge in [0.15, 0.2) is 5.82 Å². The Morgan fingerprint density at radius 2 is 2.00 bits per heavy atom. The summed E-state index contributed by atoms with van der Waals surface area (Å²) >= 11 is 0. The van der Waals surface area contributed by atoms with E-state index < -0.39 is 11.5 Å². The molecule has 2 aromatic heterocycles. The summed E-state index contributed by atoms with van der Waals surface area (Å²) in [6, 6.07) is 8.74. The van der Waals surface area contributed by atoms with Gasteiger partial charge in [0.25, 0.3) is 0 Å². The third-order valence-corrected chi connectivity index (χ3v) is 4.28. The SMILES string of the molecule is Cc1cc(NC(=O)[C@@H](Cc2c[nH]c3ccccc23)NC(=O)C(C)(C)C)no1. The highest BCUT2D eigenvalue weighted by atomic mass is 16.5. The second-order valence-electron chi connectivity index (χ2n) is 7.65. The molecular formula is C20H24N4O3. The molecule has 0 radical (unpaired) electrons. The molecule has 0 aliphatic rings. The summed E-state index contributed by atoms with van der Waals surface area (Å²) in [5.41, 5.74) is 1.33. The molecule has 0 spiro atoms. The number of para-hydroxylation sites is 1. The zero-order valence-electron chi connectivity index (χ0n) is 15.9. The van der Waals surface area contributed by atoms with Crippen LogP contribution < -0.4 is 10.6 Å². The quantitative estimate of drug-likeness (QED) is 0.644. The lowest BCUT2D eigenvalue weighted by Gasteiger charge is -2.23. The summed E-state index contributed by atoms with van der Waals surface area (Å²) in [6.07, 6.45) is 2.23. The number of aromatic nitrogens is 2. The summed E-state index contributed by atoms with van der Waals surface area (Å²) in [7, 11) is 0. The van der Waals surface area contributed by atoms with Crippen molar-refractivity contribution in [3.05, 3.63) is 47.9 Å². The Labute approximate surface area is 157 Å². The van der Waals surface area contributed by atoms with Crippen molar-refractivity contribution in [1.82, 2.24) is 15.5 Å². The van der Waals surface area contributed by atoms with Crippen LogP contribution in [0.25, 0.3) is 10.9 Å². The van der Waals surface area contributed by atoms with E-state index in [1.54, 1.807) is 13.0 Å². The maximum atomic E-state index is 12.8. The highest BCUT2D eigenvalue weighted by Crippen LogP contribution is 2.21. The number of carbonyl (C=O) groups is 2. The Morgan fingerprint density at radius 1 is 1.26 bits per heavy atom. The largest absolute Gasteiger partial charge is 0.361 e. The molecule has 3 rings (SSSR count). The minimum atomic E-state index is -0.743. The van der Waals surface area contributed by atoms with Crippen LogP contribution in [-0.2, 0) is 16.0 Å². The van der Waals surface area contributed by atoms with Gasteiger partial charge in [-0.15, -0.1) is 0 Å². The summed E-state index contributed by atoms with van der Waals surface area (Å²) in [5.74, 6) is 0.383. The Bertz CT molecular complexity index is 965. The molecule has 3 N–H and O–H groups in total. The highest BCUT2D eigenvalue weighted by molar-refractivity contribution is 5.98. The van der Waals surface area contributed by atoms with Crippen molar-refractivity contribution in [2.75, 3.05) is 5.32 Å². The van der Waals surface area contributed by atoms with E-state index in [0.29, 0.717) is 18.0 Å². The van der Waals surface area contributed by atoms with E-state index in [4.69, 9.17) is 4.52 Å². The van der Waals surface area contributed by atoms with Crippen LogP contribution in [0.2, 0.25) is 0 Å². The van der Waals surface area contributed by atoms with E-state index in [1.807, 2.05) is 51.2 Å². The van der Waals surface area contributed by atoms with Crippen LogP contribution in [0.3, 0.4) is 0 Å². The van der Waals surface area contributed by atoms with Crippen molar-refractivity contribution in [3.63, 3.8) is 0 Å². The lowest BCUT2D eigenvalue weighted by molar-refractivity contribution is -0.132. The third kappa shape index (κ3) is 4.36. The van der Waals surface area contributed by atoms with Gasteiger partial charge in [0.1, 0.15) is 11.8 Å². The van der Waals surface area contributed by atoms with Gasteiger partial charge >= 0.3 is 0 Å². The van der Waals surface area contributed by atoms with E-state index in [0.717, 1.165) is 16.5 Å². The Kier molecular flexibility index (Phi) is 5.03. The molecule has 0 aliphatic carbocycles. The number of rotatable bonds is 5. The van der Waals surface area contributed by atoms with E-state index in [9.17, 15) is 9.59 Å². The third-order valence-electron chi connectivity index (χ3n) is 4.28. The van der Waals surface area contributed by atoms with Gasteiger partial charge in [-0.2, -0.15) is 0 Å². The Balaban J connectivity index is 1.84. The number of H-pyrrole nitrogens is 1. The molecule has 7 nitrogen and oxygen atoms in total. The molecule has 0 saturated carbocycles. The van der Waals surface area contributed by atoms with Gasteiger partial charge in [-0.3, -0.25) is 9.59 Å². The van der Waals surface area contributed by atoms with Crippen LogP contribution >= 0.6 is 0 Å². The Morgan fingerprint density at radius 3 is 2.67 bits per heavy atom. The number of fused-ring (bicyclic) bond motifs is 1. The number of carbonyl (C=O) groups excluding carboxylic acids is 2. The molecule has 1 atom stereocenters. The van der Waals surface area contributed by atoms with Crippen molar-refractivity contribution in [2.24, 2.45) is 5.41 Å². The van der Waals surface area contributed by atoms with Gasteiger partial charge in [0.2, 0.25) is 11.8 Å². The number of aromatic amines is 1. The van der Waals surface area contributed by atoms with E-state index in [-0.39, 0.29) is 11.8 Å². The maximum absolute atomic E-state index is 12.8. The number of hydrogen-bond acceptors (Lipinski definition) is 4. The second kappa shape index (κ2) is 7.26. The maximum Gasteiger partial charge on any atom is 0.248 e. The van der Waals surface area contributed by atoms with Crippen molar-refractivity contribution >= 4 is 28.5 Å². The van der Waals surface area contributed by atoms with E-state index >= 15 is 0 Å². The van der Waals surface area contributed by atoms with Crippen LogP contribution in [0.4, 0.5) is 5.82 Å². The smallest absolute Gasteiger partial charge is 0.248 e. The van der Waals surface area contributed by atoms with Crippen molar-refractivity contribution in [2.45, 2.75) is 40.2 Å². The number of anilines is 1. The minimum Gasteiger partial charge on any atom is -0.361 e. The molecule has 142 valence electrons. The van der Waals surface area contributed by atoms with Crippen LogP contribution in [0.1, 0.15) is 32.1 Å². The first kappa shape index (κ1) is 18.7. The predicted molar refractivity (Wildman–Crippen MR) is 103 cm³/mol. The lowest BCUT2D eigenvalue weighted by atomic mass is 9.94. The minimum absolute atomic E-state index is 0.196. The van der Waals surface area contributed by atoms with Gasteiger partial charge in [-0.05, 0) is 18.6 Å². The fourth-order valence-corrected chi connectivity index (χ4v) is 2.74. The monoisotopic (exact) mass is 368 g/mol. The number of nitrogens with one attached hydrogen (secondary N) is 3. The summed E-state index contributed by atoms with van der Waals surface area (Å²) in [6.45, 7) is 7.17. The van der Waals surface area contributed by atoms with E-state index in [1.165, 1.54) is 0 Å². The van der Waals surface area contributed by atoms with Gasteiger partial charge in [0, 0.05) is 35.0 Å². The summed E-state index contributed by atoms with van der Waals surface area (Å²) in [5, 5.41) is 10.4. The van der Waals surface area contributed by atoms with Crippen LogP contribution in [0.5, 0.6) is 0 Å². The fourth-order valence-electron chi connectivity index (χ4n) is 2.74. The molecule has 3 aromatic rings. The van der Waals surface area contributed by atoms with E-state index in [2.05, 4.69) is 20.8 Å². The fraction of sp³-hybridized carbons (Fsp3) is 0.350. The van der Waals surface area contributed by atoms with Crippen molar-refractivity contribution in [3.8, 4) is 0 Å². The molecule has 0 fully saturated rings. The molecule has 27 heavy (non-hydrogen) atoms. The van der Waals surface area contributed by atoms with Gasteiger partial charge < -0.3 is 20.1 Å². The molecule has 0 saturated heterocycles. The first-order chi connectivity index (χ1) is 12.7. The zero-order valence-corrected chi connectivity index (χ0v) is 15.9. The van der Waals surface area contributed by atoms with Crippen molar-refractivity contribution in [1.29, 1.82) is 0 Å². The average molecular weight is 368 g/mol. The number of hydrogen-bond donors (Lipinski definition) is 3. The molecule has 7 heteroatoms. The Hall–Kier alpha value is -3.09. The molecule has 0 aliphatic heterocycles. The number of amides is 2. The molecule has 2 heterocycles. The first-order valence-electron chi connectivity index (χ1n) is 8.84. The molecule has 1 aromatic carbocycles. The highest BCUT2D eigenvalue weighted by Gasteiger charge is 2.28. The van der Waals surface area contributed by atoms with Crippen LogP contribution in [-0.4, -0.2) is 28.0 Å². The standard InChI is InChI=1S/C20H24N4O3/c1-12-9-17(24-27-12)23-18(25)16(22-19(26)20(2,3)4)10-13-11-21-15-8-6-5-7-14(13)15/h5-9,11,16,21H,10H2,1-4H3,(H,22,26)(H,23,24,25)/t16-/m1/s1. The molecule has 2 amide bonds. The molecule has 0 unspecified atom stereocenters. The number of nitrogens with zero attached hydrogens (tertiary/aromatic N) is 1. The zero-order chi connectivity index (χ0) is 19.6. The van der Waals surface area contributed by atoms with Crippen molar-refractivity contribution < 1.29 is 14.1 Å². The number of benzene rings is 1. The van der Waals surface area contributed by atoms with Gasteiger partial charge in [0.05, 0.1) is 0 Å². The average Bonchev–Trinajstić information content (AvgIpc) is 3.19. The first-order valence-corrected chi connectivity index (χ1v) is 8.84. The topological polar surface area (TPSA) is 100 Å². The van der Waals surface area contributed by atoms with Gasteiger partial charge in [-0.25, -0.2) is 0 Å². The van der Waals surface area contributed by atoms with Gasteiger partial charge in [-0.1, -0.05) is 44.1 Å². The van der Waals surface area contributed by atoms with Crippen LogP contribution in [0.15, 0.2) is 41.1 Å².